The topological polar surface area (TPSA) is 117 Å². The lowest BCUT2D eigenvalue weighted by Crippen LogP contribution is -2.45. The highest BCUT2D eigenvalue weighted by molar-refractivity contribution is 5.44. The second-order valence-electron chi connectivity index (χ2n) is 8.31. The van der Waals surface area contributed by atoms with E-state index in [1.807, 2.05) is 12.3 Å². The smallest absolute Gasteiger partial charge is 0.342 e. The first kappa shape index (κ1) is 21.3. The fourth-order valence-corrected chi connectivity index (χ4v) is 4.21. The summed E-state index contributed by atoms with van der Waals surface area (Å²) in [6, 6.07) is 6.14. The number of aryl methyl sites for hydroxylation is 2. The molecule has 0 saturated carbocycles. The SMILES string of the molecule is Cn1c([N+](=O)[O-])cnc1CCn1cc(CN2CCN(Cc3ccc4c(c3)OCO4)CC2)nn1. The van der Waals surface area contributed by atoms with Gasteiger partial charge < -0.3 is 19.6 Å². The molecule has 2 aliphatic rings. The van der Waals surface area contributed by atoms with Crippen molar-refractivity contribution in [2.75, 3.05) is 33.0 Å². The van der Waals surface area contributed by atoms with Crippen LogP contribution in [0.4, 0.5) is 5.82 Å². The van der Waals surface area contributed by atoms with Crippen LogP contribution in [-0.4, -0.2) is 72.2 Å². The molecule has 0 unspecified atom stereocenters. The van der Waals surface area contributed by atoms with Gasteiger partial charge in [0.15, 0.2) is 17.3 Å². The van der Waals surface area contributed by atoms with Gasteiger partial charge in [0.05, 0.1) is 19.3 Å². The largest absolute Gasteiger partial charge is 0.454 e. The van der Waals surface area contributed by atoms with E-state index in [4.69, 9.17) is 9.47 Å². The Balaban J connectivity index is 1.08. The summed E-state index contributed by atoms with van der Waals surface area (Å²) in [7, 11) is 1.65. The number of rotatable bonds is 8. The molecule has 33 heavy (non-hydrogen) atoms. The minimum absolute atomic E-state index is 0.0121. The van der Waals surface area contributed by atoms with Gasteiger partial charge in [0.25, 0.3) is 0 Å². The molecule has 0 bridgehead atoms. The summed E-state index contributed by atoms with van der Waals surface area (Å²) in [4.78, 5) is 19.5. The highest BCUT2D eigenvalue weighted by Crippen LogP contribution is 2.32. The zero-order chi connectivity index (χ0) is 22.8. The van der Waals surface area contributed by atoms with Crippen LogP contribution < -0.4 is 9.47 Å². The van der Waals surface area contributed by atoms with Crippen LogP contribution in [0.15, 0.2) is 30.6 Å². The zero-order valence-corrected chi connectivity index (χ0v) is 18.5. The third-order valence-electron chi connectivity index (χ3n) is 6.09. The molecular weight excluding hydrogens is 428 g/mol. The van der Waals surface area contributed by atoms with E-state index >= 15 is 0 Å². The molecule has 1 fully saturated rings. The standard InChI is InChI=1S/C21H26N8O4/c1-25-20(22-11-21(25)29(30)31)4-5-28-14-17(23-24-28)13-27-8-6-26(7-9-27)12-16-2-3-18-19(10-16)33-15-32-18/h2-3,10-11,14H,4-9,12-13,15H2,1H3. The maximum absolute atomic E-state index is 11.0. The number of benzene rings is 1. The molecule has 1 aromatic carbocycles. The van der Waals surface area contributed by atoms with E-state index in [2.05, 4.69) is 37.2 Å². The first-order chi connectivity index (χ1) is 16.0. The monoisotopic (exact) mass is 454 g/mol. The van der Waals surface area contributed by atoms with Gasteiger partial charge in [-0.05, 0) is 22.6 Å². The Morgan fingerprint density at radius 3 is 2.61 bits per heavy atom. The lowest BCUT2D eigenvalue weighted by Gasteiger charge is -2.34. The van der Waals surface area contributed by atoms with Crippen molar-refractivity contribution in [3.05, 3.63) is 57.8 Å². The van der Waals surface area contributed by atoms with Gasteiger partial charge in [0, 0.05) is 51.9 Å². The van der Waals surface area contributed by atoms with Crippen LogP contribution in [0, 0.1) is 10.1 Å². The van der Waals surface area contributed by atoms with Crippen LogP contribution in [-0.2, 0) is 33.1 Å². The van der Waals surface area contributed by atoms with E-state index < -0.39 is 4.92 Å². The number of nitrogens with zero attached hydrogens (tertiary/aromatic N) is 8. The first-order valence-electron chi connectivity index (χ1n) is 10.9. The van der Waals surface area contributed by atoms with Gasteiger partial charge in [0.1, 0.15) is 6.20 Å². The van der Waals surface area contributed by atoms with Crippen molar-refractivity contribution >= 4 is 5.82 Å². The normalized spacial score (nSPS) is 16.4. The number of piperazine rings is 1. The van der Waals surface area contributed by atoms with E-state index in [1.54, 1.807) is 11.7 Å². The summed E-state index contributed by atoms with van der Waals surface area (Å²) in [5.74, 6) is 2.28. The summed E-state index contributed by atoms with van der Waals surface area (Å²) < 4.78 is 14.1. The molecular formula is C21H26N8O4. The number of aromatic nitrogens is 5. The summed E-state index contributed by atoms with van der Waals surface area (Å²) in [5.41, 5.74) is 2.15. The van der Waals surface area contributed by atoms with Crippen LogP contribution in [0.2, 0.25) is 0 Å². The lowest BCUT2D eigenvalue weighted by molar-refractivity contribution is -0.391. The molecule has 0 radical (unpaired) electrons. The van der Waals surface area contributed by atoms with E-state index in [0.29, 0.717) is 25.6 Å². The Kier molecular flexibility index (Phi) is 5.92. The Labute approximate surface area is 190 Å². The quantitative estimate of drug-likeness (QED) is 0.366. The van der Waals surface area contributed by atoms with E-state index in [-0.39, 0.29) is 5.82 Å². The van der Waals surface area contributed by atoms with Gasteiger partial charge in [-0.15, -0.1) is 5.10 Å². The van der Waals surface area contributed by atoms with Gasteiger partial charge in [-0.3, -0.25) is 14.5 Å². The molecule has 5 rings (SSSR count). The third-order valence-corrected chi connectivity index (χ3v) is 6.09. The predicted molar refractivity (Wildman–Crippen MR) is 117 cm³/mol. The average molecular weight is 454 g/mol. The van der Waals surface area contributed by atoms with Crippen molar-refractivity contribution < 1.29 is 14.4 Å². The molecule has 0 atom stereocenters. The van der Waals surface area contributed by atoms with Gasteiger partial charge in [0.2, 0.25) is 6.79 Å². The Morgan fingerprint density at radius 1 is 1.09 bits per heavy atom. The summed E-state index contributed by atoms with van der Waals surface area (Å²) in [6.45, 7) is 6.42. The molecule has 3 aromatic rings. The maximum atomic E-state index is 11.0. The Bertz CT molecular complexity index is 1140. The second-order valence-corrected chi connectivity index (χ2v) is 8.31. The maximum Gasteiger partial charge on any atom is 0.342 e. The fourth-order valence-electron chi connectivity index (χ4n) is 4.21. The van der Waals surface area contributed by atoms with Crippen molar-refractivity contribution in [2.45, 2.75) is 26.1 Å². The van der Waals surface area contributed by atoms with Crippen LogP contribution in [0.3, 0.4) is 0 Å². The summed E-state index contributed by atoms with van der Waals surface area (Å²) >= 11 is 0. The van der Waals surface area contributed by atoms with E-state index in [1.165, 1.54) is 16.3 Å². The van der Waals surface area contributed by atoms with Gasteiger partial charge in [-0.25, -0.2) is 9.55 Å². The van der Waals surface area contributed by atoms with E-state index in [0.717, 1.165) is 56.5 Å². The zero-order valence-electron chi connectivity index (χ0n) is 18.5. The van der Waals surface area contributed by atoms with Crippen LogP contribution in [0.1, 0.15) is 17.1 Å². The molecule has 12 nitrogen and oxygen atoms in total. The summed E-state index contributed by atoms with van der Waals surface area (Å²) in [5, 5.41) is 19.5. The molecule has 1 saturated heterocycles. The molecule has 2 aliphatic heterocycles. The minimum Gasteiger partial charge on any atom is -0.454 e. The van der Waals surface area contributed by atoms with Crippen molar-refractivity contribution in [1.29, 1.82) is 0 Å². The number of ether oxygens (including phenoxy) is 2. The fraction of sp³-hybridized carbons (Fsp3) is 0.476. The predicted octanol–water partition coefficient (Wildman–Crippen LogP) is 1.21. The molecule has 2 aromatic heterocycles. The third kappa shape index (κ3) is 4.81. The van der Waals surface area contributed by atoms with Crippen LogP contribution in [0.25, 0.3) is 0 Å². The molecule has 0 N–H and O–H groups in total. The van der Waals surface area contributed by atoms with Gasteiger partial charge in [-0.2, -0.15) is 0 Å². The highest BCUT2D eigenvalue weighted by atomic mass is 16.7. The lowest BCUT2D eigenvalue weighted by atomic mass is 10.1. The van der Waals surface area contributed by atoms with Gasteiger partial charge in [-0.1, -0.05) is 11.3 Å². The van der Waals surface area contributed by atoms with Crippen molar-refractivity contribution in [1.82, 2.24) is 34.3 Å². The van der Waals surface area contributed by atoms with Crippen molar-refractivity contribution in [3.8, 4) is 11.5 Å². The highest BCUT2D eigenvalue weighted by Gasteiger charge is 2.20. The Hall–Kier alpha value is -3.51. The molecule has 0 aliphatic carbocycles. The molecule has 174 valence electrons. The van der Waals surface area contributed by atoms with Crippen molar-refractivity contribution in [2.24, 2.45) is 7.05 Å². The Morgan fingerprint density at radius 2 is 1.85 bits per heavy atom. The van der Waals surface area contributed by atoms with Crippen LogP contribution >= 0.6 is 0 Å². The number of hydrogen-bond acceptors (Lipinski definition) is 9. The number of nitro groups is 1. The molecule has 0 amide bonds. The molecule has 12 heteroatoms. The average Bonchev–Trinajstić information content (AvgIpc) is 3.53. The number of hydrogen-bond donors (Lipinski definition) is 0. The number of imidazole rings is 1. The minimum atomic E-state index is -0.432. The van der Waals surface area contributed by atoms with Crippen molar-refractivity contribution in [3.63, 3.8) is 0 Å². The number of fused-ring (bicyclic) bond motifs is 1. The first-order valence-corrected chi connectivity index (χ1v) is 10.9. The second kappa shape index (κ2) is 9.16. The van der Waals surface area contributed by atoms with Gasteiger partial charge >= 0.3 is 5.82 Å². The van der Waals surface area contributed by atoms with Crippen LogP contribution in [0.5, 0.6) is 11.5 Å². The summed E-state index contributed by atoms with van der Waals surface area (Å²) in [6.07, 6.45) is 3.77. The van der Waals surface area contributed by atoms with E-state index in [9.17, 15) is 10.1 Å². The molecule has 4 heterocycles. The molecule has 0 spiro atoms.